The summed E-state index contributed by atoms with van der Waals surface area (Å²) in [5, 5.41) is 0. The van der Waals surface area contributed by atoms with Gasteiger partial charge in [0, 0.05) is 43.2 Å². The minimum atomic E-state index is 0.197. The van der Waals surface area contributed by atoms with Gasteiger partial charge in [0.25, 0.3) is 0 Å². The number of ether oxygens (including phenoxy) is 1. The van der Waals surface area contributed by atoms with Crippen LogP contribution < -0.4 is 4.74 Å². The predicted octanol–water partition coefficient (Wildman–Crippen LogP) is 4.27. The Kier molecular flexibility index (Phi) is 5.33. The van der Waals surface area contributed by atoms with Gasteiger partial charge < -0.3 is 9.64 Å². The Labute approximate surface area is 168 Å². The Morgan fingerprint density at radius 1 is 1.21 bits per heavy atom. The molecule has 0 amide bonds. The number of piperazine rings is 1. The topological polar surface area (TPSA) is 32.8 Å². The molecular weight excluding hydrogens is 348 g/mol. The van der Waals surface area contributed by atoms with E-state index in [4.69, 9.17) is 4.74 Å². The first-order chi connectivity index (χ1) is 13.4. The number of carbonyl (C=O) groups excluding carboxylic acids is 1. The summed E-state index contributed by atoms with van der Waals surface area (Å²) < 4.78 is 5.78. The standard InChI is InChI=1S/C24H32N2O2/c1-18(2)10-13-28-23-6-4-19(5-7-23)14-20-16-25(3)21-15-24(26(20)17-21)11-8-22(27)9-12-24/h4-7,10,14,21H,8-9,11-13,15-17H2,1-3H3/b20-14+/t21-/m1/s1. The Morgan fingerprint density at radius 2 is 1.93 bits per heavy atom. The summed E-state index contributed by atoms with van der Waals surface area (Å²) in [6, 6.07) is 9.02. The van der Waals surface area contributed by atoms with Crippen molar-refractivity contribution in [3.63, 3.8) is 0 Å². The zero-order chi connectivity index (χ0) is 19.7. The van der Waals surface area contributed by atoms with E-state index in [0.717, 1.165) is 44.5 Å². The van der Waals surface area contributed by atoms with Crippen molar-refractivity contribution in [2.75, 3.05) is 26.7 Å². The highest BCUT2D eigenvalue weighted by atomic mass is 16.5. The number of benzene rings is 1. The van der Waals surface area contributed by atoms with Gasteiger partial charge >= 0.3 is 0 Å². The van der Waals surface area contributed by atoms with Gasteiger partial charge in [0.15, 0.2) is 0 Å². The Hall–Kier alpha value is -2.07. The number of nitrogens with zero attached hydrogens (tertiary/aromatic N) is 2. The summed E-state index contributed by atoms with van der Waals surface area (Å²) in [4.78, 5) is 17.0. The van der Waals surface area contributed by atoms with Crippen molar-refractivity contribution in [3.05, 3.63) is 47.2 Å². The van der Waals surface area contributed by atoms with Gasteiger partial charge in [-0.25, -0.2) is 0 Å². The van der Waals surface area contributed by atoms with E-state index in [-0.39, 0.29) is 5.54 Å². The number of likely N-dealkylation sites (N-methyl/N-ethyl adjacent to an activating group) is 1. The van der Waals surface area contributed by atoms with Crippen molar-refractivity contribution < 1.29 is 9.53 Å². The van der Waals surface area contributed by atoms with Crippen LogP contribution in [0.25, 0.3) is 6.08 Å². The second-order valence-corrected chi connectivity index (χ2v) is 8.94. The van der Waals surface area contributed by atoms with Crippen LogP contribution in [-0.4, -0.2) is 53.9 Å². The van der Waals surface area contributed by atoms with E-state index in [0.29, 0.717) is 18.4 Å². The number of hydrogen-bond acceptors (Lipinski definition) is 4. The monoisotopic (exact) mass is 380 g/mol. The van der Waals surface area contributed by atoms with E-state index in [1.54, 1.807) is 0 Å². The van der Waals surface area contributed by atoms with Crippen molar-refractivity contribution in [1.82, 2.24) is 9.80 Å². The molecule has 3 aliphatic rings. The molecular formula is C24H32N2O2. The number of allylic oxidation sites excluding steroid dienone is 1. The maximum atomic E-state index is 11.8. The largest absolute Gasteiger partial charge is 0.490 e. The molecule has 2 heterocycles. The highest BCUT2D eigenvalue weighted by molar-refractivity contribution is 5.79. The quantitative estimate of drug-likeness (QED) is 0.730. The molecule has 1 aromatic rings. The van der Waals surface area contributed by atoms with Crippen LogP contribution in [0.4, 0.5) is 0 Å². The molecule has 0 unspecified atom stereocenters. The number of carbonyl (C=O) groups is 1. The van der Waals surface area contributed by atoms with Gasteiger partial charge in [-0.05, 0) is 70.0 Å². The summed E-state index contributed by atoms with van der Waals surface area (Å²) in [7, 11) is 2.24. The molecule has 4 rings (SSSR count). The Morgan fingerprint density at radius 3 is 2.61 bits per heavy atom. The van der Waals surface area contributed by atoms with E-state index >= 15 is 0 Å². The minimum absolute atomic E-state index is 0.197. The van der Waals surface area contributed by atoms with Crippen LogP contribution in [0.2, 0.25) is 0 Å². The lowest BCUT2D eigenvalue weighted by Crippen LogP contribution is -2.49. The lowest BCUT2D eigenvalue weighted by atomic mass is 9.78. The predicted molar refractivity (Wildman–Crippen MR) is 113 cm³/mol. The number of fused-ring (bicyclic) bond motifs is 3. The average molecular weight is 381 g/mol. The third-order valence-corrected chi connectivity index (χ3v) is 6.66. The molecule has 4 nitrogen and oxygen atoms in total. The fourth-order valence-electron chi connectivity index (χ4n) is 4.95. The Bertz CT molecular complexity index is 779. The molecule has 1 aromatic carbocycles. The van der Waals surface area contributed by atoms with Crippen molar-refractivity contribution in [3.8, 4) is 5.75 Å². The summed E-state index contributed by atoms with van der Waals surface area (Å²) in [5.41, 5.74) is 4.07. The van der Waals surface area contributed by atoms with Gasteiger partial charge in [-0.1, -0.05) is 17.7 Å². The molecule has 0 N–H and O–H groups in total. The number of ketones is 1. The first-order valence-corrected chi connectivity index (χ1v) is 10.5. The average Bonchev–Trinajstić information content (AvgIpc) is 2.99. The summed E-state index contributed by atoms with van der Waals surface area (Å²) in [6.07, 6.45) is 9.15. The molecule has 150 valence electrons. The minimum Gasteiger partial charge on any atom is -0.490 e. The second-order valence-electron chi connectivity index (χ2n) is 8.94. The van der Waals surface area contributed by atoms with Crippen LogP contribution in [-0.2, 0) is 4.79 Å². The van der Waals surface area contributed by atoms with E-state index in [9.17, 15) is 4.79 Å². The summed E-state index contributed by atoms with van der Waals surface area (Å²) >= 11 is 0. The van der Waals surface area contributed by atoms with Crippen LogP contribution in [0.5, 0.6) is 5.75 Å². The van der Waals surface area contributed by atoms with E-state index in [1.807, 2.05) is 0 Å². The van der Waals surface area contributed by atoms with Gasteiger partial charge in [0.1, 0.15) is 18.1 Å². The van der Waals surface area contributed by atoms with Crippen molar-refractivity contribution in [2.45, 2.75) is 57.5 Å². The molecule has 0 aromatic heterocycles. The molecule has 2 aliphatic heterocycles. The fourth-order valence-corrected chi connectivity index (χ4v) is 4.95. The number of hydrogen-bond donors (Lipinski definition) is 0. The van der Waals surface area contributed by atoms with Crippen molar-refractivity contribution in [1.29, 1.82) is 0 Å². The molecule has 1 spiro atoms. The first kappa shape index (κ1) is 19.3. The van der Waals surface area contributed by atoms with Gasteiger partial charge in [0.2, 0.25) is 0 Å². The fraction of sp³-hybridized carbons (Fsp3) is 0.542. The van der Waals surface area contributed by atoms with Crippen LogP contribution >= 0.6 is 0 Å². The van der Waals surface area contributed by atoms with Crippen LogP contribution in [0, 0.1) is 0 Å². The van der Waals surface area contributed by atoms with Crippen LogP contribution in [0.1, 0.15) is 51.5 Å². The second kappa shape index (κ2) is 7.75. The van der Waals surface area contributed by atoms with Gasteiger partial charge in [0.05, 0.1) is 0 Å². The maximum Gasteiger partial charge on any atom is 0.133 e. The van der Waals surface area contributed by atoms with Crippen LogP contribution in [0.15, 0.2) is 41.6 Å². The van der Waals surface area contributed by atoms with Crippen LogP contribution in [0.3, 0.4) is 0 Å². The molecule has 0 radical (unpaired) electrons. The van der Waals surface area contributed by atoms with Gasteiger partial charge in [-0.3, -0.25) is 9.69 Å². The van der Waals surface area contributed by atoms with Crippen molar-refractivity contribution in [2.24, 2.45) is 0 Å². The lowest BCUT2D eigenvalue weighted by molar-refractivity contribution is -0.122. The lowest BCUT2D eigenvalue weighted by Gasteiger charge is -2.44. The first-order valence-electron chi connectivity index (χ1n) is 10.5. The zero-order valence-electron chi connectivity index (χ0n) is 17.4. The third-order valence-electron chi connectivity index (χ3n) is 6.66. The maximum absolute atomic E-state index is 11.8. The Balaban J connectivity index is 1.51. The molecule has 2 saturated heterocycles. The van der Waals surface area contributed by atoms with E-state index < -0.39 is 0 Å². The van der Waals surface area contributed by atoms with E-state index in [1.165, 1.54) is 23.3 Å². The van der Waals surface area contributed by atoms with E-state index in [2.05, 4.69) is 67.1 Å². The summed E-state index contributed by atoms with van der Waals surface area (Å²) in [5.74, 6) is 1.35. The normalized spacial score (nSPS) is 25.4. The van der Waals surface area contributed by atoms with Gasteiger partial charge in [-0.15, -0.1) is 0 Å². The molecule has 1 saturated carbocycles. The SMILES string of the molecule is CC(C)=CCOc1ccc(/C=C2\CN(C)[C@H]3CN2C2(CCC(=O)CC2)C3)cc1. The third kappa shape index (κ3) is 3.88. The molecule has 3 fully saturated rings. The zero-order valence-corrected chi connectivity index (χ0v) is 17.4. The molecule has 28 heavy (non-hydrogen) atoms. The number of rotatable bonds is 4. The molecule has 1 atom stereocenters. The summed E-state index contributed by atoms with van der Waals surface area (Å²) in [6.45, 7) is 6.86. The molecule has 1 aliphatic carbocycles. The highest BCUT2D eigenvalue weighted by Gasteiger charge is 2.51. The number of Topliss-reactive ketones (excluding diaryl/α,β-unsaturated/α-hetero) is 1. The smallest absolute Gasteiger partial charge is 0.133 e. The molecule has 4 heteroatoms. The van der Waals surface area contributed by atoms with Gasteiger partial charge in [-0.2, -0.15) is 0 Å². The van der Waals surface area contributed by atoms with Crippen molar-refractivity contribution >= 4 is 11.9 Å². The highest BCUT2D eigenvalue weighted by Crippen LogP contribution is 2.46. The molecule has 2 bridgehead atoms.